The van der Waals surface area contributed by atoms with Crippen molar-refractivity contribution in [2.24, 2.45) is 17.3 Å². The van der Waals surface area contributed by atoms with Crippen LogP contribution in [0, 0.1) is 23.1 Å². The zero-order chi connectivity index (χ0) is 18.5. The van der Waals surface area contributed by atoms with Gasteiger partial charge in [0.25, 0.3) is 5.91 Å². The molecular formula is C19H21ClFNO4. The van der Waals surface area contributed by atoms with Gasteiger partial charge in [-0.3, -0.25) is 9.59 Å². The lowest BCUT2D eigenvalue weighted by atomic mass is 9.48. The van der Waals surface area contributed by atoms with Gasteiger partial charge < -0.3 is 15.2 Å². The van der Waals surface area contributed by atoms with E-state index in [1.54, 1.807) is 0 Å². The van der Waals surface area contributed by atoms with Crippen molar-refractivity contribution < 1.29 is 23.8 Å². The third-order valence-corrected chi connectivity index (χ3v) is 6.32. The number of aliphatic hydroxyl groups is 1. The van der Waals surface area contributed by atoms with Crippen LogP contribution in [0.5, 0.6) is 0 Å². The van der Waals surface area contributed by atoms with E-state index in [0.29, 0.717) is 18.3 Å². The fraction of sp³-hybridized carbons (Fsp3) is 0.579. The van der Waals surface area contributed by atoms with Crippen LogP contribution in [0.4, 0.5) is 10.1 Å². The first-order chi connectivity index (χ1) is 12.3. The molecule has 7 heteroatoms. The molecule has 0 aliphatic heterocycles. The molecule has 4 aliphatic carbocycles. The van der Waals surface area contributed by atoms with E-state index in [1.165, 1.54) is 12.1 Å². The second-order valence-electron chi connectivity index (χ2n) is 8.21. The highest BCUT2D eigenvalue weighted by atomic mass is 35.5. The largest absolute Gasteiger partial charge is 0.455 e. The molecule has 4 saturated carbocycles. The first-order valence-corrected chi connectivity index (χ1v) is 9.29. The van der Waals surface area contributed by atoms with Crippen LogP contribution in [0.25, 0.3) is 0 Å². The molecule has 0 spiro atoms. The molecule has 1 amide bonds. The monoisotopic (exact) mass is 381 g/mol. The Kier molecular flexibility index (Phi) is 4.23. The zero-order valence-corrected chi connectivity index (χ0v) is 15.0. The molecule has 2 N–H and O–H groups in total. The number of halogens is 2. The molecule has 1 aromatic carbocycles. The maximum atomic E-state index is 13.0. The van der Waals surface area contributed by atoms with Crippen LogP contribution in [0.15, 0.2) is 18.2 Å². The molecule has 0 aromatic heterocycles. The lowest BCUT2D eigenvalue weighted by Crippen LogP contribution is -2.58. The summed E-state index contributed by atoms with van der Waals surface area (Å²) in [7, 11) is 0. The van der Waals surface area contributed by atoms with Gasteiger partial charge in [-0.25, -0.2) is 4.39 Å². The van der Waals surface area contributed by atoms with E-state index in [2.05, 4.69) is 5.32 Å². The van der Waals surface area contributed by atoms with Crippen molar-refractivity contribution in [2.45, 2.75) is 44.1 Å². The first-order valence-electron chi connectivity index (χ1n) is 8.92. The van der Waals surface area contributed by atoms with E-state index in [4.69, 9.17) is 16.3 Å². The van der Waals surface area contributed by atoms with E-state index in [-0.39, 0.29) is 10.7 Å². The summed E-state index contributed by atoms with van der Waals surface area (Å²) in [6, 6.07) is 3.63. The molecule has 140 valence electrons. The number of amides is 1. The number of hydrogen-bond donors (Lipinski definition) is 2. The summed E-state index contributed by atoms with van der Waals surface area (Å²) in [5.74, 6) is -0.707. The van der Waals surface area contributed by atoms with Gasteiger partial charge in [0.2, 0.25) is 0 Å². The quantitative estimate of drug-likeness (QED) is 0.785. The number of rotatable bonds is 4. The van der Waals surface area contributed by atoms with Crippen LogP contribution in [0.3, 0.4) is 0 Å². The topological polar surface area (TPSA) is 75.6 Å². The number of ether oxygens (including phenoxy) is 1. The molecule has 4 fully saturated rings. The Hall–Kier alpha value is -1.66. The van der Waals surface area contributed by atoms with Crippen molar-refractivity contribution in [3.63, 3.8) is 0 Å². The van der Waals surface area contributed by atoms with Crippen LogP contribution < -0.4 is 5.32 Å². The van der Waals surface area contributed by atoms with Crippen molar-refractivity contribution in [2.75, 3.05) is 11.9 Å². The van der Waals surface area contributed by atoms with Crippen molar-refractivity contribution in [1.29, 1.82) is 0 Å². The van der Waals surface area contributed by atoms with Gasteiger partial charge >= 0.3 is 5.97 Å². The zero-order valence-electron chi connectivity index (χ0n) is 14.3. The molecular weight excluding hydrogens is 361 g/mol. The summed E-state index contributed by atoms with van der Waals surface area (Å²) in [5.41, 5.74) is -1.15. The summed E-state index contributed by atoms with van der Waals surface area (Å²) < 4.78 is 18.3. The summed E-state index contributed by atoms with van der Waals surface area (Å²) in [5, 5.41) is 13.3. The van der Waals surface area contributed by atoms with Crippen LogP contribution in [-0.4, -0.2) is 29.2 Å². The average molecular weight is 382 g/mol. The number of hydrogen-bond acceptors (Lipinski definition) is 4. The van der Waals surface area contributed by atoms with E-state index < -0.39 is 35.3 Å². The van der Waals surface area contributed by atoms with Crippen molar-refractivity contribution in [3.05, 3.63) is 29.0 Å². The van der Waals surface area contributed by atoms with Crippen LogP contribution >= 0.6 is 11.6 Å². The molecule has 4 atom stereocenters. The van der Waals surface area contributed by atoms with Crippen molar-refractivity contribution in [3.8, 4) is 0 Å². The Labute approximate surface area is 155 Å². The number of benzene rings is 1. The minimum Gasteiger partial charge on any atom is -0.455 e. The molecule has 26 heavy (non-hydrogen) atoms. The predicted octanol–water partition coefficient (Wildman–Crippen LogP) is 3.29. The molecule has 2 unspecified atom stereocenters. The maximum absolute atomic E-state index is 13.0. The Morgan fingerprint density at radius 1 is 1.27 bits per heavy atom. The smallest absolute Gasteiger partial charge is 0.312 e. The molecule has 4 aliphatic rings. The summed E-state index contributed by atoms with van der Waals surface area (Å²) in [6.07, 6.45) is 4.49. The summed E-state index contributed by atoms with van der Waals surface area (Å²) in [6.45, 7) is -0.429. The molecule has 1 aromatic rings. The lowest BCUT2D eigenvalue weighted by molar-refractivity contribution is -0.196. The molecule has 0 radical (unpaired) electrons. The van der Waals surface area contributed by atoms with Crippen LogP contribution in [0.1, 0.15) is 38.5 Å². The molecule has 0 heterocycles. The van der Waals surface area contributed by atoms with E-state index in [9.17, 15) is 19.1 Å². The molecule has 5 rings (SSSR count). The Morgan fingerprint density at radius 2 is 1.96 bits per heavy atom. The normalized spacial score (nSPS) is 34.6. The van der Waals surface area contributed by atoms with Gasteiger partial charge in [-0.1, -0.05) is 11.6 Å². The Morgan fingerprint density at radius 3 is 2.58 bits per heavy atom. The average Bonchev–Trinajstić information content (AvgIpc) is 2.53. The summed E-state index contributed by atoms with van der Waals surface area (Å²) in [4.78, 5) is 24.8. The van der Waals surface area contributed by atoms with Gasteiger partial charge in [-0.15, -0.1) is 0 Å². The third kappa shape index (κ3) is 3.21. The van der Waals surface area contributed by atoms with Crippen molar-refractivity contribution >= 4 is 29.2 Å². The first kappa shape index (κ1) is 17.7. The van der Waals surface area contributed by atoms with Gasteiger partial charge in [0.1, 0.15) is 5.82 Å². The van der Waals surface area contributed by atoms with Gasteiger partial charge in [0.15, 0.2) is 6.61 Å². The van der Waals surface area contributed by atoms with Gasteiger partial charge in [0, 0.05) is 0 Å². The van der Waals surface area contributed by atoms with E-state index >= 15 is 0 Å². The third-order valence-electron chi connectivity index (χ3n) is 6.00. The van der Waals surface area contributed by atoms with Crippen LogP contribution in [-0.2, 0) is 14.3 Å². The Balaban J connectivity index is 1.37. The SMILES string of the molecule is O=C(COC(=O)C12C[C@@H]3C[C@@H](CC(O)(C3)C1)C2)Nc1ccc(F)cc1Cl. The fourth-order valence-corrected chi connectivity index (χ4v) is 5.73. The van der Waals surface area contributed by atoms with Gasteiger partial charge in [-0.05, 0) is 68.6 Å². The highest BCUT2D eigenvalue weighted by Gasteiger charge is 2.60. The second kappa shape index (κ2) is 6.20. The van der Waals surface area contributed by atoms with Crippen molar-refractivity contribution in [1.82, 2.24) is 0 Å². The van der Waals surface area contributed by atoms with Gasteiger partial charge in [0.05, 0.1) is 21.7 Å². The number of carbonyl (C=O) groups excluding carboxylic acids is 2. The van der Waals surface area contributed by atoms with Crippen LogP contribution in [0.2, 0.25) is 5.02 Å². The summed E-state index contributed by atoms with van der Waals surface area (Å²) >= 11 is 5.87. The molecule has 0 saturated heterocycles. The fourth-order valence-electron chi connectivity index (χ4n) is 5.51. The number of anilines is 1. The Bertz CT molecular complexity index is 754. The predicted molar refractivity (Wildman–Crippen MR) is 93.1 cm³/mol. The maximum Gasteiger partial charge on any atom is 0.312 e. The lowest BCUT2D eigenvalue weighted by Gasteiger charge is -2.58. The highest BCUT2D eigenvalue weighted by molar-refractivity contribution is 6.33. The minimum absolute atomic E-state index is 0.0768. The standard InChI is InChI=1S/C19H21ClFNO4/c20-14-4-13(21)1-2-15(14)22-16(23)9-26-17(24)18-5-11-3-12(6-18)8-19(25,7-11)10-18/h1-2,4,11-12,25H,3,5-10H2,(H,22,23)/t11-,12+,18?,19?. The number of nitrogens with one attached hydrogen (secondary N) is 1. The van der Waals surface area contributed by atoms with Gasteiger partial charge in [-0.2, -0.15) is 0 Å². The minimum atomic E-state index is -0.757. The second-order valence-corrected chi connectivity index (χ2v) is 8.62. The highest BCUT2D eigenvalue weighted by Crippen LogP contribution is 2.61. The molecule has 4 bridgehead atoms. The van der Waals surface area contributed by atoms with E-state index in [0.717, 1.165) is 38.2 Å². The molecule has 5 nitrogen and oxygen atoms in total. The van der Waals surface area contributed by atoms with E-state index in [1.807, 2.05) is 0 Å². The number of esters is 1. The number of carbonyl (C=O) groups is 2.